The summed E-state index contributed by atoms with van der Waals surface area (Å²) in [6, 6.07) is 7.29. The van der Waals surface area contributed by atoms with E-state index in [1.807, 2.05) is 38.5 Å². The Morgan fingerprint density at radius 2 is 1.74 bits per heavy atom. The number of aromatic nitrogens is 2. The molecule has 0 spiro atoms. The first-order valence-electron chi connectivity index (χ1n) is 16.3. The standard InChI is InChI=1S/C34H41Cl2F3N6O2/c1-33(2,3)31(47)40-16-18-8-13-23(35)29(28(18)36)43-32-42-24-14-22(30(46)41-21-11-9-20(10-12-21)34(37,38)39)26(15-27(24)44(32)4)45-17-19-6-5-7-25(19)45/h8,13-15,19-21,25H,5-7,9-12,16-17H2,1-4H3,(H,40,47)(H,41,46)(H,42,43)/t19?,20-,21-,25?. The number of halogens is 5. The Morgan fingerprint density at radius 1 is 1.02 bits per heavy atom. The fraction of sp³-hybridized carbons (Fsp3) is 0.559. The van der Waals surface area contributed by atoms with Gasteiger partial charge in [-0.2, -0.15) is 13.2 Å². The molecule has 8 nitrogen and oxygen atoms in total. The SMILES string of the molecule is Cn1c(Nc2c(Cl)ccc(CNC(=O)C(C)(C)C)c2Cl)nc2cc(C(=O)N[C@H]3CC[C@H](C(F)(F)F)CC3)c(N3CC4CCCC43)cc21. The third-order valence-electron chi connectivity index (χ3n) is 10.1. The van der Waals surface area contributed by atoms with Crippen molar-refractivity contribution >= 4 is 63.4 Å². The second kappa shape index (κ2) is 12.7. The number of rotatable bonds is 7. The van der Waals surface area contributed by atoms with Gasteiger partial charge in [-0.1, -0.05) is 56.5 Å². The number of carbonyl (C=O) groups is 2. The number of nitrogens with zero attached hydrogens (tertiary/aromatic N) is 3. The van der Waals surface area contributed by atoms with Crippen molar-refractivity contribution in [2.45, 2.75) is 90.5 Å². The van der Waals surface area contributed by atoms with Gasteiger partial charge in [-0.05, 0) is 68.2 Å². The van der Waals surface area contributed by atoms with Crippen LogP contribution in [0.15, 0.2) is 24.3 Å². The van der Waals surface area contributed by atoms with Gasteiger partial charge < -0.3 is 25.4 Å². The minimum Gasteiger partial charge on any atom is -0.367 e. The minimum absolute atomic E-state index is 0.0146. The van der Waals surface area contributed by atoms with Gasteiger partial charge in [-0.25, -0.2) is 4.98 Å². The summed E-state index contributed by atoms with van der Waals surface area (Å²) in [7, 11) is 1.87. The number of aryl methyl sites for hydroxylation is 1. The number of carbonyl (C=O) groups excluding carboxylic acids is 2. The van der Waals surface area contributed by atoms with Gasteiger partial charge in [0, 0.05) is 37.6 Å². The van der Waals surface area contributed by atoms with E-state index >= 15 is 0 Å². The van der Waals surface area contributed by atoms with Crippen LogP contribution in [-0.4, -0.2) is 46.2 Å². The molecule has 2 heterocycles. The summed E-state index contributed by atoms with van der Waals surface area (Å²) < 4.78 is 41.6. The predicted molar refractivity (Wildman–Crippen MR) is 180 cm³/mol. The number of benzene rings is 2. The van der Waals surface area contributed by atoms with Crippen LogP contribution in [0.1, 0.15) is 81.6 Å². The number of alkyl halides is 3. The fourth-order valence-corrected chi connectivity index (χ4v) is 7.69. The maximum absolute atomic E-state index is 13.8. The maximum atomic E-state index is 13.8. The first-order valence-corrected chi connectivity index (χ1v) is 17.0. The van der Waals surface area contributed by atoms with Crippen molar-refractivity contribution in [3.8, 4) is 0 Å². The second-order valence-electron chi connectivity index (χ2n) is 14.3. The Balaban J connectivity index is 1.28. The molecular weight excluding hydrogens is 652 g/mol. The lowest BCUT2D eigenvalue weighted by Crippen LogP contribution is -2.54. The number of anilines is 3. The number of imidazole rings is 1. The van der Waals surface area contributed by atoms with Crippen molar-refractivity contribution in [3.05, 3.63) is 45.4 Å². The summed E-state index contributed by atoms with van der Waals surface area (Å²) in [5.41, 5.74) is 3.23. The monoisotopic (exact) mass is 692 g/mol. The molecule has 2 atom stereocenters. The van der Waals surface area contributed by atoms with Crippen molar-refractivity contribution < 1.29 is 22.8 Å². The molecule has 2 aliphatic carbocycles. The average molecular weight is 694 g/mol. The van der Waals surface area contributed by atoms with Crippen LogP contribution in [0.3, 0.4) is 0 Å². The molecule has 6 rings (SSSR count). The summed E-state index contributed by atoms with van der Waals surface area (Å²) in [5, 5.41) is 9.95. The van der Waals surface area contributed by atoms with Crippen molar-refractivity contribution in [2.75, 3.05) is 16.8 Å². The van der Waals surface area contributed by atoms with E-state index in [9.17, 15) is 22.8 Å². The van der Waals surface area contributed by atoms with Crippen LogP contribution in [0.2, 0.25) is 10.0 Å². The summed E-state index contributed by atoms with van der Waals surface area (Å²) in [4.78, 5) is 33.3. The summed E-state index contributed by atoms with van der Waals surface area (Å²) >= 11 is 13.4. The molecule has 254 valence electrons. The van der Waals surface area contributed by atoms with Gasteiger partial charge in [0.2, 0.25) is 11.9 Å². The predicted octanol–water partition coefficient (Wildman–Crippen LogP) is 8.13. The van der Waals surface area contributed by atoms with E-state index in [0.717, 1.165) is 30.6 Å². The quantitative estimate of drug-likeness (QED) is 0.233. The van der Waals surface area contributed by atoms with E-state index in [2.05, 4.69) is 20.9 Å². The zero-order valence-electron chi connectivity index (χ0n) is 27.0. The topological polar surface area (TPSA) is 91.3 Å². The number of amides is 2. The minimum atomic E-state index is -4.20. The van der Waals surface area contributed by atoms with E-state index in [4.69, 9.17) is 28.2 Å². The van der Waals surface area contributed by atoms with E-state index in [-0.39, 0.29) is 37.2 Å². The second-order valence-corrected chi connectivity index (χ2v) is 15.1. The third-order valence-corrected chi connectivity index (χ3v) is 10.8. The van der Waals surface area contributed by atoms with Gasteiger partial charge in [0.05, 0.1) is 43.9 Å². The molecule has 47 heavy (non-hydrogen) atoms. The van der Waals surface area contributed by atoms with Gasteiger partial charge in [-0.3, -0.25) is 9.59 Å². The zero-order chi connectivity index (χ0) is 33.8. The molecular formula is C34H41Cl2F3N6O2. The molecule has 2 amide bonds. The smallest absolute Gasteiger partial charge is 0.367 e. The van der Waals surface area contributed by atoms with Gasteiger partial charge in [-0.15, -0.1) is 0 Å². The highest BCUT2D eigenvalue weighted by molar-refractivity contribution is 6.39. The highest BCUT2D eigenvalue weighted by Crippen LogP contribution is 2.45. The molecule has 3 aliphatic rings. The zero-order valence-corrected chi connectivity index (χ0v) is 28.5. The van der Waals surface area contributed by atoms with Gasteiger partial charge in [0.1, 0.15) is 0 Å². The maximum Gasteiger partial charge on any atom is 0.391 e. The van der Waals surface area contributed by atoms with Crippen molar-refractivity contribution in [1.29, 1.82) is 0 Å². The molecule has 3 aromatic rings. The van der Waals surface area contributed by atoms with E-state index < -0.39 is 17.5 Å². The number of hydrogen-bond donors (Lipinski definition) is 3. The van der Waals surface area contributed by atoms with Crippen molar-refractivity contribution in [1.82, 2.24) is 20.2 Å². The van der Waals surface area contributed by atoms with Crippen LogP contribution in [0.25, 0.3) is 11.0 Å². The lowest BCUT2D eigenvalue weighted by Gasteiger charge is -2.47. The third kappa shape index (κ3) is 6.75. The lowest BCUT2D eigenvalue weighted by atomic mass is 9.85. The van der Waals surface area contributed by atoms with Crippen LogP contribution < -0.4 is 20.9 Å². The van der Waals surface area contributed by atoms with Gasteiger partial charge in [0.25, 0.3) is 5.91 Å². The highest BCUT2D eigenvalue weighted by atomic mass is 35.5. The summed E-state index contributed by atoms with van der Waals surface area (Å²) in [6.07, 6.45) is -0.203. The number of hydrogen-bond acceptors (Lipinski definition) is 5. The van der Waals surface area contributed by atoms with Crippen LogP contribution in [0, 0.1) is 17.3 Å². The number of fused-ring (bicyclic) bond motifs is 2. The van der Waals surface area contributed by atoms with E-state index in [1.165, 1.54) is 6.42 Å². The molecule has 13 heteroatoms. The van der Waals surface area contributed by atoms with Crippen molar-refractivity contribution in [3.63, 3.8) is 0 Å². The molecule has 1 aromatic heterocycles. The van der Waals surface area contributed by atoms with Gasteiger partial charge >= 0.3 is 6.18 Å². The molecule has 1 aliphatic heterocycles. The van der Waals surface area contributed by atoms with Crippen LogP contribution in [0.4, 0.5) is 30.5 Å². The molecule has 2 unspecified atom stereocenters. The Morgan fingerprint density at radius 3 is 2.40 bits per heavy atom. The highest BCUT2D eigenvalue weighted by Gasteiger charge is 2.44. The normalized spacial score (nSPS) is 23.0. The molecule has 0 bridgehead atoms. The molecule has 2 saturated carbocycles. The Kier molecular flexibility index (Phi) is 9.10. The Bertz CT molecular complexity index is 1690. The first kappa shape index (κ1) is 33.7. The summed E-state index contributed by atoms with van der Waals surface area (Å²) in [6.45, 7) is 6.59. The number of nitrogens with one attached hydrogen (secondary N) is 3. The first-order chi connectivity index (χ1) is 22.1. The van der Waals surface area contributed by atoms with Crippen LogP contribution in [-0.2, 0) is 18.4 Å². The fourth-order valence-electron chi connectivity index (χ4n) is 7.15. The van der Waals surface area contributed by atoms with Crippen LogP contribution >= 0.6 is 23.2 Å². The molecule has 3 fully saturated rings. The van der Waals surface area contributed by atoms with E-state index in [1.54, 1.807) is 18.2 Å². The molecule has 3 N–H and O–H groups in total. The van der Waals surface area contributed by atoms with Gasteiger partial charge in [0.15, 0.2) is 0 Å². The Hall–Kier alpha value is -3.18. The Labute approximate surface area is 282 Å². The lowest BCUT2D eigenvalue weighted by molar-refractivity contribution is -0.182. The largest absolute Gasteiger partial charge is 0.391 e. The molecule has 2 aromatic carbocycles. The van der Waals surface area contributed by atoms with Crippen molar-refractivity contribution in [2.24, 2.45) is 24.3 Å². The molecule has 0 radical (unpaired) electrons. The molecule has 1 saturated heterocycles. The average Bonchev–Trinajstić information content (AvgIpc) is 3.51. The van der Waals surface area contributed by atoms with E-state index in [0.29, 0.717) is 63.1 Å². The van der Waals surface area contributed by atoms with Crippen LogP contribution in [0.5, 0.6) is 0 Å². The summed E-state index contributed by atoms with van der Waals surface area (Å²) in [5.74, 6) is -0.657.